The number of Topliss-reactive ketones (excluding diaryl/α,β-unsaturated/α-hetero) is 3. The molecule has 0 spiro atoms. The van der Waals surface area contributed by atoms with E-state index in [1.165, 1.54) is 157 Å². The molecule has 136 heavy (non-hydrogen) atoms. The number of aryl methyl sites for hydroxylation is 3. The van der Waals surface area contributed by atoms with Gasteiger partial charge < -0.3 is 14.9 Å². The SMILES string of the molecule is C.CCc1ccc(C2CC2)c(C(=O)C2CCC(c3ccc(F)cc3)CC2)n1.CCc1ccc(C2CC2)c(C=O)n1.N=C1CCC(c2ccc(F)cc2)CC1.N[I-]CCc1ccc(C2CC2)c(C(=O)C2CCC(c3ccc(F)cc3)CC2)n1.O=C(c1c(C2CC2)ccc2cncn12)C1CCC(c2ccc(F)cc2)CC1.OC(c1c(C2CC2)ccc2cncn12)C1CCC(c2ccc(F)cc2)CC1.[2H][2H].[2H][2H].[2H][2H].[2H][2H].[2H][2H].[2H][2H].[2H][2H].[2H][2H].[2H][2H].[2H][2H].[2H][2H].[2H][2H].[2H][2H].[2H][2H].[2H][2H].[2H][2H].[2H][2H].[2H][2H].[2H][2H].[2H][2H].[2H][2H].[2H][2H].[2H][2H].[2H][2H].[2H][2H].[2H][2H].[2H][2H].[2H][2H].[2H][2H].[2H][2H].[2H][2H].[2H][2H].[2H][2H].[2H][2H].[2H][2H].[2H][2H].[2H][2H].[2H][2H].[2H][2H].[2H][2H].[2H][2H].[2H][2H].[2H][2H].[2H][2H].[2H][2H].[2H][2H].[2H][2H].[2H][2H].[2H][2H].[2H][2H].[2H][2H].[2H][2H]. The van der Waals surface area contributed by atoms with Gasteiger partial charge in [0, 0.05) is 183 Å². The second kappa shape index (κ2) is 46.4. The van der Waals surface area contributed by atoms with Gasteiger partial charge in [0.1, 0.15) is 40.5 Å². The van der Waals surface area contributed by atoms with Crippen LogP contribution in [0.3, 0.4) is 0 Å². The van der Waals surface area contributed by atoms with Crippen molar-refractivity contribution >= 4 is 40.4 Å². The van der Waals surface area contributed by atoms with E-state index in [0.717, 1.165) is 226 Å². The van der Waals surface area contributed by atoms with Crippen molar-refractivity contribution < 1.29 is 222 Å². The van der Waals surface area contributed by atoms with Gasteiger partial charge in [-0.15, -0.1) is 0 Å². The molecule has 0 amide bonds. The Morgan fingerprint density at radius 1 is 0.404 bits per heavy atom. The summed E-state index contributed by atoms with van der Waals surface area (Å²) in [6.07, 6.45) is 41.6. The van der Waals surface area contributed by atoms with Crippen LogP contribution in [0.5, 0.6) is 0 Å². The van der Waals surface area contributed by atoms with Gasteiger partial charge in [-0.1, -0.05) is 94.1 Å². The Labute approximate surface area is 970 Å². The number of benzene rings is 5. The monoisotopic (exact) mass is 2160 g/mol. The number of carbonyl (C=O) groups excluding carboxylic acids is 4. The molecule has 5 aromatic carbocycles. The summed E-state index contributed by atoms with van der Waals surface area (Å²) in [6, 6.07) is 55.3. The molecular formula is C116H236F5IN9O5-. The standard InChI is InChI=1S/C23H27FIN2O.C23H25FN2O.C23H23FN2O.C23H26FNO.C12H14FN.C11H13NO.CH4.52H2/c24-19-9-7-16(8-10-19)15-1-5-18(6-2-15)23(28)22-21(17-3-4-17)12-11-20(27-22)13-14-25-26;2*24-19-9-7-16(8-10-19)15-1-5-18(6-2-15)23(27)22-21(17-3-4-17)12-11-20-13-25-14-26(20)22;1-2-20-13-14-21(17-5-6-17)22(25-20)23(26)18-7-3-15(4-8-18)16-9-11-19(24)12-10-16;13-11-5-1-9(2-6-11)10-3-7-12(14)8-4-10;1-2-9-5-6-10(8-3-4-8)11(7-13)12-9;;;;;;;;;;;;;;;;;;;;;;;;;;;;;;;;;;;;;;;;;;;;;;;;;;;;;/h7-12,15,17-18H,1-6,13-14,26H2;7-15,17-18,23,27H,1-6H2;7-15,17-18H,1-6H2;9-15,17-18H,2-8H2,1H3;1-2,5-6,10,14H,3-4,7-8H2;5-8H,2-4H2,1H3;1H4;52*1H/q-1;;;;;;;;;;;;;;;;;;;;;;;;;;;;;;;;;;;;;;;;;;;;;;;;;;;;;;;;;;/i;;;;;;;52*1+1D. The van der Waals surface area contributed by atoms with Crippen molar-refractivity contribution in [1.82, 2.24) is 33.7 Å². The molecule has 0 radical (unpaired) electrons. The molecule has 7 heterocycles. The Kier molecular flexibility index (Phi) is 17.9. The fourth-order valence-electron chi connectivity index (χ4n) is 21.6. The number of hydrogen-bond donors (Lipinski definition) is 3. The molecular weight excluding hydrogens is 1820 g/mol. The fraction of sp³-hybridized carbons (Fsp3) is 0.448. The first-order chi connectivity index (χ1) is 118. The predicted octanol–water partition coefficient (Wildman–Crippen LogP) is 37.7. The van der Waals surface area contributed by atoms with Crippen molar-refractivity contribution in [2.45, 2.75) is 298 Å². The predicted molar refractivity (Wildman–Crippen MR) is 634 cm³/mol. The molecule has 10 aliphatic carbocycles. The van der Waals surface area contributed by atoms with Crippen LogP contribution in [-0.2, 0) is 19.3 Å². The number of nitrogens with one attached hydrogen (secondary N) is 1. The number of alkyl halides is 1. The first-order valence-corrected chi connectivity index (χ1v) is 52.9. The molecule has 12 aromatic rings. The maximum atomic E-state index is 13.5. The van der Waals surface area contributed by atoms with Crippen molar-refractivity contribution in [3.05, 3.63) is 337 Å². The Balaban J connectivity index is -0.0000000533. The third-order valence-electron chi connectivity index (χ3n) is 30.4. The second-order valence-corrected chi connectivity index (χ2v) is 41.6. The molecule has 0 aliphatic heterocycles. The minimum Gasteiger partial charge on any atom is -0.387 e. The van der Waals surface area contributed by atoms with E-state index in [1.54, 1.807) is 18.5 Å². The molecule has 10 fully saturated rings. The summed E-state index contributed by atoms with van der Waals surface area (Å²) >= 11 is -0.244. The van der Waals surface area contributed by atoms with E-state index in [0.29, 0.717) is 64.9 Å². The number of nitrogens with zero attached hydrogens (tertiary/aromatic N) is 7. The van der Waals surface area contributed by atoms with Crippen molar-refractivity contribution in [3.8, 4) is 0 Å². The number of fused-ring (bicyclic) bond motifs is 2. The normalized spacial score (nSPS) is 25.2. The topological polar surface area (TPSA) is 212 Å². The van der Waals surface area contributed by atoms with Gasteiger partial charge in [0.25, 0.3) is 0 Å². The molecule has 0 saturated heterocycles. The van der Waals surface area contributed by atoms with E-state index < -0.39 is 6.10 Å². The average molecular weight is 2160 g/mol. The van der Waals surface area contributed by atoms with Crippen LogP contribution in [0.15, 0.2) is 207 Å². The Bertz CT molecular complexity index is 6260. The largest absolute Gasteiger partial charge is 0.387 e. The Morgan fingerprint density at radius 3 is 1.12 bits per heavy atom. The first-order valence-electron chi connectivity index (χ1n) is 102. The van der Waals surface area contributed by atoms with Crippen molar-refractivity contribution in [3.63, 3.8) is 0 Å². The summed E-state index contributed by atoms with van der Waals surface area (Å²) in [7, 11) is 0. The van der Waals surface area contributed by atoms with E-state index in [2.05, 4.69) is 80.9 Å². The molecule has 22 rings (SSSR count). The maximum Gasteiger partial charge on any atom is 0.182 e. The minimum atomic E-state index is -0.451. The smallest absolute Gasteiger partial charge is 0.182 e. The summed E-state index contributed by atoms with van der Waals surface area (Å²) < 4.78 is 596. The zero-order chi connectivity index (χ0) is 198. The number of ketones is 3. The van der Waals surface area contributed by atoms with Gasteiger partial charge in [-0.05, 0) is 350 Å². The van der Waals surface area contributed by atoms with Gasteiger partial charge >= 0.3 is 155 Å². The number of halogens is 6. The number of hydrogen-bond acceptors (Lipinski definition) is 12. The van der Waals surface area contributed by atoms with Gasteiger partial charge in [0.05, 0.1) is 53.6 Å². The van der Waals surface area contributed by atoms with Crippen LogP contribution in [0.1, 0.15) is 554 Å². The number of aldehydes is 1. The number of aromatic nitrogens is 7. The Morgan fingerprint density at radius 2 is 0.721 bits per heavy atom. The van der Waals surface area contributed by atoms with E-state index in [1.807, 2.05) is 96.8 Å². The zero-order valence-corrected chi connectivity index (χ0v) is 80.1. The number of aliphatic hydroxyl groups is 1. The molecule has 7 aromatic heterocycles. The summed E-state index contributed by atoms with van der Waals surface area (Å²) in [4.78, 5) is 73.1. The van der Waals surface area contributed by atoms with Gasteiger partial charge in [-0.25, -0.2) is 41.9 Å². The molecule has 1 atom stereocenters. The van der Waals surface area contributed by atoms with E-state index >= 15 is 0 Å². The van der Waals surface area contributed by atoms with Crippen molar-refractivity contribution in [1.29, 1.82) is 5.41 Å². The molecule has 14 nitrogen and oxygen atoms in total. The summed E-state index contributed by atoms with van der Waals surface area (Å²) in [5, 5.41) is 18.8. The molecule has 818 valence electrons. The molecule has 20 heteroatoms. The van der Waals surface area contributed by atoms with Gasteiger partial charge in [-0.3, -0.25) is 18.8 Å². The zero-order valence-electron chi connectivity index (χ0n) is 182. The van der Waals surface area contributed by atoms with Crippen LogP contribution in [-0.4, -0.2) is 72.6 Å². The van der Waals surface area contributed by atoms with Crippen molar-refractivity contribution in [2.75, 3.05) is 4.43 Å². The van der Waals surface area contributed by atoms with E-state index in [4.69, 9.17) is 174 Å². The quantitative estimate of drug-likeness (QED) is 0.0129. The van der Waals surface area contributed by atoms with Gasteiger partial charge in [0.2, 0.25) is 0 Å². The van der Waals surface area contributed by atoms with Gasteiger partial charge in [-0.2, -0.15) is 0 Å². The van der Waals surface area contributed by atoms with Gasteiger partial charge in [0.15, 0.2) is 17.9 Å². The Hall–Kier alpha value is -10.4. The number of rotatable bonds is 24. The van der Waals surface area contributed by atoms with Crippen LogP contribution in [0, 0.1) is 58.2 Å². The van der Waals surface area contributed by atoms with E-state index in [-0.39, 0.29) is 99.0 Å². The summed E-state index contributed by atoms with van der Waals surface area (Å²) in [5.74, 6) is 5.47. The first kappa shape index (κ1) is 52.6. The number of carbonyl (C=O) groups is 4. The average Bonchev–Trinajstić information content (AvgIpc) is 1.62. The molecule has 4 N–H and O–H groups in total. The van der Waals surface area contributed by atoms with Crippen LogP contribution >= 0.6 is 0 Å². The van der Waals surface area contributed by atoms with Crippen LogP contribution in [0.25, 0.3) is 11.0 Å². The maximum absolute atomic E-state index is 13.5. The molecule has 0 bridgehead atoms. The third-order valence-corrected chi connectivity index (χ3v) is 31.6. The molecule has 1 unspecified atom stereocenters. The summed E-state index contributed by atoms with van der Waals surface area (Å²) in [5.41, 5.74) is 22.0. The second-order valence-electron chi connectivity index (χ2n) is 39.7. The number of aliphatic hydroxyl groups excluding tert-OH is 1. The number of imidazole rings is 2. The van der Waals surface area contributed by atoms with E-state index in [9.17, 15) is 46.2 Å². The molecule has 10 aliphatic rings. The summed E-state index contributed by atoms with van der Waals surface area (Å²) in [6.45, 7) is 4.13. The minimum absolute atomic E-state index is 0. The number of pyridine rings is 5. The molecule has 10 saturated carbocycles. The van der Waals surface area contributed by atoms with Crippen molar-refractivity contribution in [2.24, 2.45) is 27.6 Å². The fourth-order valence-corrected chi connectivity index (χ4v) is 22.5. The van der Waals surface area contributed by atoms with Crippen LogP contribution in [0.2, 0.25) is 0 Å². The van der Waals surface area contributed by atoms with Crippen LogP contribution < -0.4 is 25.4 Å². The third kappa shape index (κ3) is 25.2. The van der Waals surface area contributed by atoms with Crippen LogP contribution in [0.4, 0.5) is 22.0 Å². The number of nitrogens with two attached hydrogens (primary N) is 1.